The van der Waals surface area contributed by atoms with Gasteiger partial charge in [0.25, 0.3) is 0 Å². The summed E-state index contributed by atoms with van der Waals surface area (Å²) in [5.74, 6) is 0.458. The SMILES string of the molecule is CCn1c(C(C)=O)nc(Br)c1Br. The Bertz CT molecular complexity index is 319. The van der Waals surface area contributed by atoms with Gasteiger partial charge in [-0.25, -0.2) is 4.98 Å². The standard InChI is InChI=1S/C7H8Br2N2O/c1-3-11-6(9)5(8)10-7(11)4(2)12/h3H2,1-2H3. The van der Waals surface area contributed by atoms with Crippen LogP contribution in [0.1, 0.15) is 24.5 Å². The van der Waals surface area contributed by atoms with Gasteiger partial charge < -0.3 is 4.57 Å². The van der Waals surface area contributed by atoms with Gasteiger partial charge in [-0.15, -0.1) is 0 Å². The van der Waals surface area contributed by atoms with Crippen LogP contribution in [0.25, 0.3) is 0 Å². The molecule has 66 valence electrons. The molecule has 0 aliphatic rings. The lowest BCUT2D eigenvalue weighted by Gasteiger charge is -2.01. The summed E-state index contributed by atoms with van der Waals surface area (Å²) in [6, 6.07) is 0. The molecule has 1 aromatic rings. The maximum atomic E-state index is 11.1. The Kier molecular flexibility index (Phi) is 3.06. The van der Waals surface area contributed by atoms with Crippen LogP contribution >= 0.6 is 31.9 Å². The van der Waals surface area contributed by atoms with E-state index in [0.29, 0.717) is 10.4 Å². The van der Waals surface area contributed by atoms with Crippen LogP contribution in [0.4, 0.5) is 0 Å². The van der Waals surface area contributed by atoms with E-state index in [1.54, 1.807) is 0 Å². The lowest BCUT2D eigenvalue weighted by molar-refractivity contribution is 0.0999. The number of ketones is 1. The molecule has 5 heteroatoms. The first-order valence-electron chi connectivity index (χ1n) is 3.50. The van der Waals surface area contributed by atoms with Gasteiger partial charge in [-0.05, 0) is 38.8 Å². The molecule has 0 spiro atoms. The summed E-state index contributed by atoms with van der Waals surface area (Å²) in [6.07, 6.45) is 0. The number of hydrogen-bond donors (Lipinski definition) is 0. The molecule has 0 N–H and O–H groups in total. The molecule has 0 atom stereocenters. The van der Waals surface area contributed by atoms with E-state index in [2.05, 4.69) is 36.8 Å². The summed E-state index contributed by atoms with van der Waals surface area (Å²) >= 11 is 6.58. The Balaban J connectivity index is 3.29. The third kappa shape index (κ3) is 1.61. The second-order valence-electron chi connectivity index (χ2n) is 2.32. The van der Waals surface area contributed by atoms with E-state index in [1.807, 2.05) is 11.5 Å². The molecule has 3 nitrogen and oxygen atoms in total. The molecular formula is C7H8Br2N2O. The first kappa shape index (κ1) is 9.92. The predicted octanol–water partition coefficient (Wildman–Crippen LogP) is 2.63. The minimum Gasteiger partial charge on any atom is -0.316 e. The second kappa shape index (κ2) is 3.70. The summed E-state index contributed by atoms with van der Waals surface area (Å²) in [5, 5.41) is 0. The number of imidazole rings is 1. The molecule has 1 heterocycles. The van der Waals surface area contributed by atoms with Crippen molar-refractivity contribution < 1.29 is 4.79 Å². The highest BCUT2D eigenvalue weighted by Crippen LogP contribution is 2.23. The van der Waals surface area contributed by atoms with E-state index in [1.165, 1.54) is 6.92 Å². The molecule has 0 amide bonds. The molecule has 0 saturated carbocycles. The van der Waals surface area contributed by atoms with Crippen molar-refractivity contribution in [3.05, 3.63) is 15.0 Å². The van der Waals surface area contributed by atoms with Gasteiger partial charge in [0.05, 0.1) is 0 Å². The Hall–Kier alpha value is -0.160. The van der Waals surface area contributed by atoms with E-state index in [0.717, 1.165) is 11.1 Å². The summed E-state index contributed by atoms with van der Waals surface area (Å²) in [5.41, 5.74) is 0. The zero-order chi connectivity index (χ0) is 9.30. The Morgan fingerprint density at radius 2 is 2.17 bits per heavy atom. The third-order valence-corrected chi connectivity index (χ3v) is 3.39. The average molecular weight is 296 g/mol. The zero-order valence-electron chi connectivity index (χ0n) is 6.77. The molecule has 0 saturated heterocycles. The maximum Gasteiger partial charge on any atom is 0.195 e. The van der Waals surface area contributed by atoms with Crippen LogP contribution in [-0.4, -0.2) is 15.3 Å². The number of carbonyl (C=O) groups excluding carboxylic acids is 1. The molecule has 0 fully saturated rings. The fourth-order valence-electron chi connectivity index (χ4n) is 0.961. The van der Waals surface area contributed by atoms with Crippen molar-refractivity contribution in [2.45, 2.75) is 20.4 Å². The molecule has 12 heavy (non-hydrogen) atoms. The van der Waals surface area contributed by atoms with Crippen LogP contribution in [0.2, 0.25) is 0 Å². The monoisotopic (exact) mass is 294 g/mol. The van der Waals surface area contributed by atoms with Crippen LogP contribution in [-0.2, 0) is 6.54 Å². The molecule has 0 radical (unpaired) electrons. The molecule has 0 aliphatic carbocycles. The minimum absolute atomic E-state index is 0.0248. The number of carbonyl (C=O) groups is 1. The maximum absolute atomic E-state index is 11.1. The fraction of sp³-hybridized carbons (Fsp3) is 0.429. The predicted molar refractivity (Wildman–Crippen MR) is 53.3 cm³/mol. The lowest BCUT2D eigenvalue weighted by Crippen LogP contribution is -2.06. The average Bonchev–Trinajstić information content (AvgIpc) is 2.29. The number of Topliss-reactive ketones (excluding diaryl/α,β-unsaturated/α-hetero) is 1. The molecular weight excluding hydrogens is 288 g/mol. The molecule has 0 aliphatic heterocycles. The highest BCUT2D eigenvalue weighted by Gasteiger charge is 2.14. The zero-order valence-corrected chi connectivity index (χ0v) is 9.94. The van der Waals surface area contributed by atoms with E-state index < -0.39 is 0 Å². The van der Waals surface area contributed by atoms with Crippen molar-refractivity contribution in [2.24, 2.45) is 0 Å². The number of nitrogens with zero attached hydrogens (tertiary/aromatic N) is 2. The summed E-state index contributed by atoms with van der Waals surface area (Å²) in [7, 11) is 0. The Labute approximate surface area is 87.4 Å². The van der Waals surface area contributed by atoms with E-state index >= 15 is 0 Å². The highest BCUT2D eigenvalue weighted by molar-refractivity contribution is 9.13. The van der Waals surface area contributed by atoms with E-state index in [4.69, 9.17) is 0 Å². The van der Waals surface area contributed by atoms with Crippen molar-refractivity contribution in [3.63, 3.8) is 0 Å². The Morgan fingerprint density at radius 3 is 2.50 bits per heavy atom. The van der Waals surface area contributed by atoms with E-state index in [9.17, 15) is 4.79 Å². The fourth-order valence-corrected chi connectivity index (χ4v) is 1.85. The smallest absolute Gasteiger partial charge is 0.195 e. The molecule has 1 aromatic heterocycles. The number of rotatable bonds is 2. The lowest BCUT2D eigenvalue weighted by atomic mass is 10.4. The van der Waals surface area contributed by atoms with Crippen molar-refractivity contribution in [1.29, 1.82) is 0 Å². The van der Waals surface area contributed by atoms with Crippen LogP contribution in [0.15, 0.2) is 9.21 Å². The van der Waals surface area contributed by atoms with Gasteiger partial charge >= 0.3 is 0 Å². The van der Waals surface area contributed by atoms with Gasteiger partial charge in [0, 0.05) is 13.5 Å². The normalized spacial score (nSPS) is 10.3. The van der Waals surface area contributed by atoms with Gasteiger partial charge in [0.1, 0.15) is 9.21 Å². The van der Waals surface area contributed by atoms with Gasteiger partial charge in [-0.1, -0.05) is 0 Å². The van der Waals surface area contributed by atoms with Crippen LogP contribution in [0.5, 0.6) is 0 Å². The second-order valence-corrected chi connectivity index (χ2v) is 3.82. The quantitative estimate of drug-likeness (QED) is 0.786. The van der Waals surface area contributed by atoms with Crippen LogP contribution in [0, 0.1) is 0 Å². The highest BCUT2D eigenvalue weighted by atomic mass is 79.9. The van der Waals surface area contributed by atoms with Gasteiger partial charge in [-0.2, -0.15) is 0 Å². The van der Waals surface area contributed by atoms with Gasteiger partial charge in [-0.3, -0.25) is 4.79 Å². The molecule has 0 unspecified atom stereocenters. The first-order chi connectivity index (χ1) is 5.57. The number of aromatic nitrogens is 2. The summed E-state index contributed by atoms with van der Waals surface area (Å²) in [4.78, 5) is 15.1. The minimum atomic E-state index is -0.0248. The Morgan fingerprint density at radius 1 is 1.58 bits per heavy atom. The van der Waals surface area contributed by atoms with Crippen molar-refractivity contribution in [1.82, 2.24) is 9.55 Å². The topological polar surface area (TPSA) is 34.9 Å². The number of halogens is 2. The molecule has 0 bridgehead atoms. The summed E-state index contributed by atoms with van der Waals surface area (Å²) < 4.78 is 3.30. The number of hydrogen-bond acceptors (Lipinski definition) is 2. The van der Waals surface area contributed by atoms with Crippen LogP contribution in [0.3, 0.4) is 0 Å². The third-order valence-electron chi connectivity index (χ3n) is 1.50. The van der Waals surface area contributed by atoms with E-state index in [-0.39, 0.29) is 5.78 Å². The van der Waals surface area contributed by atoms with Gasteiger partial charge in [0.2, 0.25) is 0 Å². The molecule has 1 rings (SSSR count). The van der Waals surface area contributed by atoms with Crippen molar-refractivity contribution in [2.75, 3.05) is 0 Å². The largest absolute Gasteiger partial charge is 0.316 e. The van der Waals surface area contributed by atoms with Gasteiger partial charge in [0.15, 0.2) is 11.6 Å². The molecule has 0 aromatic carbocycles. The first-order valence-corrected chi connectivity index (χ1v) is 5.09. The van der Waals surface area contributed by atoms with Crippen molar-refractivity contribution in [3.8, 4) is 0 Å². The van der Waals surface area contributed by atoms with Crippen LogP contribution < -0.4 is 0 Å². The van der Waals surface area contributed by atoms with Crippen molar-refractivity contribution >= 4 is 37.6 Å². The summed E-state index contributed by atoms with van der Waals surface area (Å²) in [6.45, 7) is 4.20.